The van der Waals surface area contributed by atoms with Crippen molar-refractivity contribution in [1.82, 2.24) is 15.2 Å². The van der Waals surface area contributed by atoms with Gasteiger partial charge in [-0.05, 0) is 30.3 Å². The largest absolute Gasteiger partial charge is 0.325 e. The molecule has 1 amide bonds. The zero-order valence-electron chi connectivity index (χ0n) is 13.8. The third kappa shape index (κ3) is 4.93. The minimum Gasteiger partial charge on any atom is -0.325 e. The Morgan fingerprint density at radius 1 is 1.18 bits per heavy atom. The Kier molecular flexibility index (Phi) is 6.40. The molecule has 2 aromatic carbocycles. The first kappa shape index (κ1) is 20.4. The number of hydrogen-bond acceptors (Lipinski definition) is 6. The molecule has 0 aliphatic rings. The van der Waals surface area contributed by atoms with Crippen molar-refractivity contribution in [3.63, 3.8) is 0 Å². The fourth-order valence-electron chi connectivity index (χ4n) is 2.17. The van der Waals surface area contributed by atoms with Crippen LogP contribution < -0.4 is 5.32 Å². The van der Waals surface area contributed by atoms with Gasteiger partial charge in [-0.1, -0.05) is 46.6 Å². The summed E-state index contributed by atoms with van der Waals surface area (Å²) in [6, 6.07) is 8.99. The van der Waals surface area contributed by atoms with E-state index in [1.165, 1.54) is 18.2 Å². The van der Waals surface area contributed by atoms with Crippen LogP contribution in [0.2, 0.25) is 15.1 Å². The molecule has 0 radical (unpaired) electrons. The number of nitro groups is 1. The summed E-state index contributed by atoms with van der Waals surface area (Å²) >= 11 is 18.8. The van der Waals surface area contributed by atoms with Crippen LogP contribution in [-0.4, -0.2) is 31.8 Å². The minimum atomic E-state index is -0.621. The van der Waals surface area contributed by atoms with E-state index in [1.807, 2.05) is 0 Å². The van der Waals surface area contributed by atoms with Gasteiger partial charge in [0.15, 0.2) is 5.82 Å². The van der Waals surface area contributed by atoms with Gasteiger partial charge in [0.25, 0.3) is 5.69 Å². The number of thioether (sulfide) groups is 1. The van der Waals surface area contributed by atoms with Gasteiger partial charge >= 0.3 is 0 Å². The number of nitrogens with zero attached hydrogens (tertiary/aromatic N) is 3. The minimum absolute atomic E-state index is 0.00205. The van der Waals surface area contributed by atoms with Gasteiger partial charge in [0.05, 0.1) is 15.7 Å². The first-order chi connectivity index (χ1) is 13.3. The Hall–Kier alpha value is -2.33. The molecule has 1 heterocycles. The molecule has 3 rings (SSSR count). The number of halogens is 3. The van der Waals surface area contributed by atoms with Crippen LogP contribution in [0.1, 0.15) is 0 Å². The lowest BCUT2D eigenvalue weighted by Crippen LogP contribution is -2.14. The highest BCUT2D eigenvalue weighted by atomic mass is 35.5. The maximum atomic E-state index is 12.1. The molecule has 0 saturated heterocycles. The summed E-state index contributed by atoms with van der Waals surface area (Å²) in [4.78, 5) is 26.6. The van der Waals surface area contributed by atoms with E-state index in [0.29, 0.717) is 26.6 Å². The summed E-state index contributed by atoms with van der Waals surface area (Å²) in [7, 11) is 0. The number of carbonyl (C=O) groups is 1. The monoisotopic (exact) mass is 457 g/mol. The summed E-state index contributed by atoms with van der Waals surface area (Å²) in [6.45, 7) is 0. The molecular weight excluding hydrogens is 449 g/mol. The van der Waals surface area contributed by atoms with Gasteiger partial charge < -0.3 is 5.32 Å². The molecule has 12 heteroatoms. The highest BCUT2D eigenvalue weighted by molar-refractivity contribution is 7.99. The number of nitrogens with one attached hydrogen (secondary N) is 2. The predicted octanol–water partition coefficient (Wildman–Crippen LogP) is 5.07. The van der Waals surface area contributed by atoms with E-state index in [9.17, 15) is 14.9 Å². The lowest BCUT2D eigenvalue weighted by molar-refractivity contribution is -0.384. The maximum Gasteiger partial charge on any atom is 0.289 e. The fourth-order valence-corrected chi connectivity index (χ4v) is 3.45. The smallest absolute Gasteiger partial charge is 0.289 e. The second-order valence-electron chi connectivity index (χ2n) is 5.35. The first-order valence-corrected chi connectivity index (χ1v) is 9.70. The van der Waals surface area contributed by atoms with Crippen molar-refractivity contribution in [2.24, 2.45) is 0 Å². The van der Waals surface area contributed by atoms with E-state index in [4.69, 9.17) is 34.8 Å². The molecule has 8 nitrogen and oxygen atoms in total. The molecule has 2 N–H and O–H groups in total. The number of carbonyl (C=O) groups excluding carboxylic acids is 1. The van der Waals surface area contributed by atoms with E-state index in [0.717, 1.165) is 11.8 Å². The molecule has 3 aromatic rings. The maximum absolute atomic E-state index is 12.1. The van der Waals surface area contributed by atoms with Crippen molar-refractivity contribution in [3.05, 3.63) is 61.6 Å². The second-order valence-corrected chi connectivity index (χ2v) is 7.54. The van der Waals surface area contributed by atoms with E-state index in [-0.39, 0.29) is 28.1 Å². The van der Waals surface area contributed by atoms with Gasteiger partial charge in [-0.25, -0.2) is 4.98 Å². The molecule has 0 atom stereocenters. The molecule has 0 saturated carbocycles. The number of benzene rings is 2. The van der Waals surface area contributed by atoms with Gasteiger partial charge in [0, 0.05) is 22.3 Å². The summed E-state index contributed by atoms with van der Waals surface area (Å²) in [5.74, 6) is 0.0672. The van der Waals surface area contributed by atoms with Crippen LogP contribution in [0.3, 0.4) is 0 Å². The number of aromatic amines is 1. The molecule has 1 aromatic heterocycles. The standard InChI is InChI=1S/C16H10Cl3N5O3S/c17-8-1-3-10(12(19)5-8)15-21-16(23-22-15)28-7-14(25)20-9-2-4-11(18)13(6-9)24(26)27/h1-6H,7H2,(H,20,25)(H,21,22,23). The van der Waals surface area contributed by atoms with Gasteiger partial charge in [0.2, 0.25) is 11.1 Å². The second kappa shape index (κ2) is 8.78. The zero-order valence-corrected chi connectivity index (χ0v) is 16.9. The lowest BCUT2D eigenvalue weighted by Gasteiger charge is -2.04. The van der Waals surface area contributed by atoms with Gasteiger partial charge in [-0.2, -0.15) is 0 Å². The number of aromatic nitrogens is 3. The third-order valence-electron chi connectivity index (χ3n) is 3.41. The molecule has 0 unspecified atom stereocenters. The molecule has 28 heavy (non-hydrogen) atoms. The Balaban J connectivity index is 1.62. The van der Waals surface area contributed by atoms with Crippen LogP contribution in [0.15, 0.2) is 41.6 Å². The van der Waals surface area contributed by atoms with E-state index in [2.05, 4.69) is 20.5 Å². The number of anilines is 1. The van der Waals surface area contributed by atoms with Crippen LogP contribution in [0.25, 0.3) is 11.4 Å². The van der Waals surface area contributed by atoms with E-state index in [1.54, 1.807) is 18.2 Å². The van der Waals surface area contributed by atoms with Gasteiger partial charge in [-0.3, -0.25) is 20.0 Å². The number of amides is 1. The van der Waals surface area contributed by atoms with Crippen molar-refractivity contribution in [2.75, 3.05) is 11.1 Å². The fraction of sp³-hybridized carbons (Fsp3) is 0.0625. The number of hydrogen-bond donors (Lipinski definition) is 2. The SMILES string of the molecule is O=C(CSc1n[nH]c(-c2ccc(Cl)cc2Cl)n1)Nc1ccc(Cl)c([N+](=O)[O-])c1. The third-order valence-corrected chi connectivity index (χ3v) is 5.12. The van der Waals surface area contributed by atoms with E-state index < -0.39 is 4.92 Å². The number of H-pyrrole nitrogens is 1. The van der Waals surface area contributed by atoms with Crippen molar-refractivity contribution >= 4 is 63.8 Å². The Bertz CT molecular complexity index is 1060. The molecule has 144 valence electrons. The molecule has 0 aliphatic heterocycles. The number of nitro benzene ring substituents is 1. The average Bonchev–Trinajstić information content (AvgIpc) is 3.10. The normalized spacial score (nSPS) is 10.7. The Morgan fingerprint density at radius 3 is 2.68 bits per heavy atom. The number of rotatable bonds is 6. The van der Waals surface area contributed by atoms with Crippen molar-refractivity contribution in [2.45, 2.75) is 5.16 Å². The van der Waals surface area contributed by atoms with Crippen LogP contribution in [0, 0.1) is 10.1 Å². The molecule has 0 spiro atoms. The molecule has 0 aliphatic carbocycles. The van der Waals surface area contributed by atoms with Crippen molar-refractivity contribution in [3.8, 4) is 11.4 Å². The van der Waals surface area contributed by atoms with Crippen molar-refractivity contribution < 1.29 is 9.72 Å². The van der Waals surface area contributed by atoms with Crippen LogP contribution in [0.4, 0.5) is 11.4 Å². The van der Waals surface area contributed by atoms with Crippen LogP contribution in [0.5, 0.6) is 0 Å². The first-order valence-electron chi connectivity index (χ1n) is 7.58. The predicted molar refractivity (Wildman–Crippen MR) is 109 cm³/mol. The average molecular weight is 459 g/mol. The summed E-state index contributed by atoms with van der Waals surface area (Å²) in [6.07, 6.45) is 0. The highest BCUT2D eigenvalue weighted by Gasteiger charge is 2.15. The topological polar surface area (TPSA) is 114 Å². The van der Waals surface area contributed by atoms with Crippen molar-refractivity contribution in [1.29, 1.82) is 0 Å². The highest BCUT2D eigenvalue weighted by Crippen LogP contribution is 2.29. The summed E-state index contributed by atoms with van der Waals surface area (Å²) < 4.78 is 0. The molecular formula is C16H10Cl3N5O3S. The Morgan fingerprint density at radius 2 is 1.96 bits per heavy atom. The summed E-state index contributed by atoms with van der Waals surface area (Å²) in [5, 5.41) is 21.5. The molecule has 0 fully saturated rings. The quantitative estimate of drug-likeness (QED) is 0.303. The van der Waals surface area contributed by atoms with Gasteiger partial charge in [-0.15, -0.1) is 5.10 Å². The lowest BCUT2D eigenvalue weighted by atomic mass is 10.2. The van der Waals surface area contributed by atoms with Crippen LogP contribution >= 0.6 is 46.6 Å². The Labute approximate surface area is 177 Å². The van der Waals surface area contributed by atoms with Gasteiger partial charge in [0.1, 0.15) is 5.02 Å². The zero-order chi connectivity index (χ0) is 20.3. The van der Waals surface area contributed by atoms with E-state index >= 15 is 0 Å². The molecule has 0 bridgehead atoms. The summed E-state index contributed by atoms with van der Waals surface area (Å²) in [5.41, 5.74) is 0.610. The van der Waals surface area contributed by atoms with Crippen LogP contribution in [-0.2, 0) is 4.79 Å².